The number of rotatable bonds is 7. The lowest BCUT2D eigenvalue weighted by Gasteiger charge is -2.40. The number of nitrogens with zero attached hydrogens (tertiary/aromatic N) is 3. The van der Waals surface area contributed by atoms with Crippen molar-refractivity contribution in [2.45, 2.75) is 12.6 Å². The van der Waals surface area contributed by atoms with E-state index < -0.39 is 11.8 Å². The van der Waals surface area contributed by atoms with Gasteiger partial charge in [-0.3, -0.25) is 19.5 Å². The van der Waals surface area contributed by atoms with E-state index in [0.29, 0.717) is 12.1 Å². The van der Waals surface area contributed by atoms with E-state index in [9.17, 15) is 14.0 Å². The predicted octanol–water partition coefficient (Wildman–Crippen LogP) is 2.52. The molecular formula is C26H28FN5O2. The maximum absolute atomic E-state index is 13.0. The Balaban J connectivity index is 1.34. The average molecular weight is 462 g/mol. The summed E-state index contributed by atoms with van der Waals surface area (Å²) in [6.45, 7) is 3.82. The number of nitrogens with one attached hydrogen (secondary N) is 2. The lowest BCUT2D eigenvalue weighted by Crippen LogP contribution is -2.50. The minimum absolute atomic E-state index is 0.0968. The van der Waals surface area contributed by atoms with Gasteiger partial charge in [0.05, 0.1) is 6.04 Å². The number of pyridine rings is 1. The molecule has 1 saturated heterocycles. The van der Waals surface area contributed by atoms with Crippen LogP contribution >= 0.6 is 0 Å². The normalized spacial score (nSPS) is 14.9. The van der Waals surface area contributed by atoms with Crippen molar-refractivity contribution in [2.24, 2.45) is 0 Å². The minimum atomic E-state index is -0.719. The van der Waals surface area contributed by atoms with Crippen LogP contribution in [0, 0.1) is 5.82 Å². The molecule has 176 valence electrons. The summed E-state index contributed by atoms with van der Waals surface area (Å²) in [5, 5.41) is 5.35. The van der Waals surface area contributed by atoms with Crippen LogP contribution in [0.2, 0.25) is 0 Å². The maximum Gasteiger partial charge on any atom is 0.309 e. The van der Waals surface area contributed by atoms with E-state index in [1.807, 2.05) is 30.3 Å². The average Bonchev–Trinajstić information content (AvgIpc) is 2.89. The number of para-hydroxylation sites is 1. The van der Waals surface area contributed by atoms with Crippen LogP contribution in [0.4, 0.5) is 10.1 Å². The third kappa shape index (κ3) is 6.17. The highest BCUT2D eigenvalue weighted by Crippen LogP contribution is 2.23. The number of amides is 2. The number of hydrogen-bond acceptors (Lipinski definition) is 5. The molecule has 4 rings (SSSR count). The van der Waals surface area contributed by atoms with Crippen molar-refractivity contribution in [2.75, 3.05) is 37.6 Å². The lowest BCUT2D eigenvalue weighted by molar-refractivity contribution is -0.139. The van der Waals surface area contributed by atoms with E-state index in [0.717, 1.165) is 31.7 Å². The van der Waals surface area contributed by atoms with Gasteiger partial charge in [0.1, 0.15) is 5.82 Å². The number of aromatic nitrogens is 1. The first kappa shape index (κ1) is 23.4. The first-order valence-corrected chi connectivity index (χ1v) is 11.3. The zero-order chi connectivity index (χ0) is 23.8. The van der Waals surface area contributed by atoms with Crippen molar-refractivity contribution in [1.82, 2.24) is 20.5 Å². The summed E-state index contributed by atoms with van der Waals surface area (Å²) in [5.74, 6) is -1.76. The van der Waals surface area contributed by atoms with Gasteiger partial charge in [-0.05, 0) is 41.5 Å². The van der Waals surface area contributed by atoms with Crippen LogP contribution in [0.25, 0.3) is 0 Å². The molecule has 2 heterocycles. The monoisotopic (exact) mass is 461 g/mol. The van der Waals surface area contributed by atoms with Gasteiger partial charge >= 0.3 is 11.8 Å². The summed E-state index contributed by atoms with van der Waals surface area (Å²) in [6.07, 6.45) is 3.52. The number of carbonyl (C=O) groups excluding carboxylic acids is 2. The van der Waals surface area contributed by atoms with Gasteiger partial charge in [0.25, 0.3) is 0 Å². The Kier molecular flexibility index (Phi) is 7.83. The third-order valence-electron chi connectivity index (χ3n) is 5.97. The molecule has 7 nitrogen and oxygen atoms in total. The van der Waals surface area contributed by atoms with Crippen LogP contribution < -0.4 is 15.5 Å². The van der Waals surface area contributed by atoms with Crippen molar-refractivity contribution in [1.29, 1.82) is 0 Å². The number of halogens is 1. The van der Waals surface area contributed by atoms with Crippen LogP contribution in [0.5, 0.6) is 0 Å². The van der Waals surface area contributed by atoms with E-state index in [-0.39, 0.29) is 18.4 Å². The molecule has 34 heavy (non-hydrogen) atoms. The van der Waals surface area contributed by atoms with Gasteiger partial charge < -0.3 is 15.5 Å². The van der Waals surface area contributed by atoms with Gasteiger partial charge in [0.2, 0.25) is 0 Å². The van der Waals surface area contributed by atoms with Crippen molar-refractivity contribution < 1.29 is 14.0 Å². The van der Waals surface area contributed by atoms with E-state index in [1.165, 1.54) is 17.8 Å². The molecule has 1 aliphatic heterocycles. The molecule has 8 heteroatoms. The van der Waals surface area contributed by atoms with Gasteiger partial charge in [-0.1, -0.05) is 36.4 Å². The Bertz CT molecular complexity index is 1070. The van der Waals surface area contributed by atoms with Crippen LogP contribution in [-0.4, -0.2) is 54.4 Å². The molecule has 0 unspecified atom stereocenters. The van der Waals surface area contributed by atoms with Gasteiger partial charge in [-0.15, -0.1) is 0 Å². The highest BCUT2D eigenvalue weighted by Gasteiger charge is 2.26. The highest BCUT2D eigenvalue weighted by molar-refractivity contribution is 6.35. The Morgan fingerprint density at radius 3 is 2.26 bits per heavy atom. The van der Waals surface area contributed by atoms with E-state index in [1.54, 1.807) is 24.5 Å². The predicted molar refractivity (Wildman–Crippen MR) is 128 cm³/mol. The molecule has 0 aliphatic carbocycles. The fraction of sp³-hybridized carbons (Fsp3) is 0.269. The zero-order valence-corrected chi connectivity index (χ0v) is 18.9. The molecule has 1 fully saturated rings. The van der Waals surface area contributed by atoms with Crippen molar-refractivity contribution in [3.8, 4) is 0 Å². The van der Waals surface area contributed by atoms with E-state index in [4.69, 9.17) is 0 Å². The molecule has 2 aromatic carbocycles. The first-order chi connectivity index (χ1) is 16.6. The second-order valence-corrected chi connectivity index (χ2v) is 8.18. The molecule has 2 N–H and O–H groups in total. The number of piperazine rings is 1. The Morgan fingerprint density at radius 1 is 0.882 bits per heavy atom. The fourth-order valence-electron chi connectivity index (χ4n) is 4.10. The summed E-state index contributed by atoms with van der Waals surface area (Å²) in [7, 11) is 0. The lowest BCUT2D eigenvalue weighted by atomic mass is 10.1. The molecule has 2 amide bonds. The second kappa shape index (κ2) is 11.4. The van der Waals surface area contributed by atoms with Crippen LogP contribution in [0.3, 0.4) is 0 Å². The molecule has 0 bridgehead atoms. The number of anilines is 1. The highest BCUT2D eigenvalue weighted by atomic mass is 19.1. The molecule has 1 aromatic heterocycles. The van der Waals surface area contributed by atoms with Crippen LogP contribution in [-0.2, 0) is 16.1 Å². The van der Waals surface area contributed by atoms with Gasteiger partial charge in [-0.25, -0.2) is 4.39 Å². The number of benzene rings is 2. The first-order valence-electron chi connectivity index (χ1n) is 11.3. The van der Waals surface area contributed by atoms with Crippen LogP contribution in [0.15, 0.2) is 79.1 Å². The Morgan fingerprint density at radius 2 is 1.59 bits per heavy atom. The molecule has 0 radical (unpaired) electrons. The van der Waals surface area contributed by atoms with E-state index >= 15 is 0 Å². The summed E-state index contributed by atoms with van der Waals surface area (Å²) < 4.78 is 13.0. The van der Waals surface area contributed by atoms with Crippen LogP contribution in [0.1, 0.15) is 17.2 Å². The second-order valence-electron chi connectivity index (χ2n) is 8.18. The van der Waals surface area contributed by atoms with Crippen molar-refractivity contribution in [3.63, 3.8) is 0 Å². The maximum atomic E-state index is 13.0. The third-order valence-corrected chi connectivity index (χ3v) is 5.97. The molecule has 3 aromatic rings. The van der Waals surface area contributed by atoms with Gasteiger partial charge in [0, 0.05) is 57.3 Å². The van der Waals surface area contributed by atoms with Crippen molar-refractivity contribution >= 4 is 17.5 Å². The number of carbonyl (C=O) groups is 2. The quantitative estimate of drug-likeness (QED) is 0.529. The standard InChI is InChI=1S/C26H28FN5O2/c27-22-10-8-20(9-11-22)17-29-25(33)26(34)30-19-24(21-5-4-12-28-18-21)32-15-13-31(14-16-32)23-6-2-1-3-7-23/h1-12,18,24H,13-17,19H2,(H,29,33)(H,30,34)/t24-/m1/s1. The Hall–Kier alpha value is -3.78. The summed E-state index contributed by atoms with van der Waals surface area (Å²) >= 11 is 0. The Labute approximate surface area is 198 Å². The summed E-state index contributed by atoms with van der Waals surface area (Å²) in [5.41, 5.74) is 2.90. The fourth-order valence-corrected chi connectivity index (χ4v) is 4.10. The van der Waals surface area contributed by atoms with Gasteiger partial charge in [-0.2, -0.15) is 0 Å². The SMILES string of the molecule is O=C(NCc1ccc(F)cc1)C(=O)NC[C@H](c1cccnc1)N1CCN(c2ccccc2)CC1. The summed E-state index contributed by atoms with van der Waals surface area (Å²) in [4.78, 5) is 33.6. The summed E-state index contributed by atoms with van der Waals surface area (Å²) in [6, 6.07) is 19.8. The van der Waals surface area contributed by atoms with E-state index in [2.05, 4.69) is 37.6 Å². The molecular weight excluding hydrogens is 433 g/mol. The smallest absolute Gasteiger partial charge is 0.309 e. The van der Waals surface area contributed by atoms with Crippen molar-refractivity contribution in [3.05, 3.63) is 96.1 Å². The molecule has 1 atom stereocenters. The molecule has 1 aliphatic rings. The zero-order valence-electron chi connectivity index (χ0n) is 18.9. The topological polar surface area (TPSA) is 77.6 Å². The molecule has 0 spiro atoms. The van der Waals surface area contributed by atoms with Gasteiger partial charge in [0.15, 0.2) is 0 Å². The largest absolute Gasteiger partial charge is 0.369 e. The molecule has 0 saturated carbocycles. The minimum Gasteiger partial charge on any atom is -0.369 e. The number of hydrogen-bond donors (Lipinski definition) is 2.